The summed E-state index contributed by atoms with van der Waals surface area (Å²) in [5.41, 5.74) is 1.99. The van der Waals surface area contributed by atoms with Crippen LogP contribution in [0.25, 0.3) is 0 Å². The van der Waals surface area contributed by atoms with Crippen molar-refractivity contribution in [2.24, 2.45) is 0 Å². The molecule has 2 rings (SSSR count). The molecule has 2 aromatic carbocycles. The van der Waals surface area contributed by atoms with E-state index in [-0.39, 0.29) is 0 Å². The molecule has 0 saturated carbocycles. The number of rotatable bonds is 4. The van der Waals surface area contributed by atoms with Gasteiger partial charge in [0.15, 0.2) is 0 Å². The highest BCUT2D eigenvalue weighted by Gasteiger charge is 2.01. The first-order chi connectivity index (χ1) is 8.69. The Bertz CT molecular complexity index is 543. The Morgan fingerprint density at radius 3 is 2.67 bits per heavy atom. The molecule has 1 N–H and O–H groups in total. The normalized spacial score (nSPS) is 10.2. The Kier molecular flexibility index (Phi) is 4.34. The van der Waals surface area contributed by atoms with Crippen LogP contribution in [0.1, 0.15) is 5.56 Å². The van der Waals surface area contributed by atoms with E-state index in [2.05, 4.69) is 5.32 Å². The molecule has 94 valence electrons. The average molecular weight is 282 g/mol. The van der Waals surface area contributed by atoms with Gasteiger partial charge in [0.25, 0.3) is 0 Å². The Morgan fingerprint density at radius 2 is 1.94 bits per heavy atom. The topological polar surface area (TPSA) is 21.3 Å². The van der Waals surface area contributed by atoms with Crippen molar-refractivity contribution in [2.45, 2.75) is 6.54 Å². The summed E-state index contributed by atoms with van der Waals surface area (Å²) in [5, 5.41) is 4.51. The summed E-state index contributed by atoms with van der Waals surface area (Å²) in [6, 6.07) is 13.3. The molecule has 2 aromatic rings. The van der Waals surface area contributed by atoms with Gasteiger partial charge >= 0.3 is 0 Å². The van der Waals surface area contributed by atoms with Crippen molar-refractivity contribution in [1.29, 1.82) is 0 Å². The molecular formula is C14H13Cl2NO. The van der Waals surface area contributed by atoms with Gasteiger partial charge in [0.1, 0.15) is 5.75 Å². The zero-order valence-corrected chi connectivity index (χ0v) is 11.4. The Balaban J connectivity index is 2.06. The van der Waals surface area contributed by atoms with Gasteiger partial charge in [0.05, 0.1) is 17.8 Å². The molecule has 0 atom stereocenters. The van der Waals surface area contributed by atoms with Gasteiger partial charge in [0, 0.05) is 11.6 Å². The minimum atomic E-state index is 0.616. The summed E-state index contributed by atoms with van der Waals surface area (Å²) in [7, 11) is 1.66. The van der Waals surface area contributed by atoms with Crippen molar-refractivity contribution in [3.63, 3.8) is 0 Å². The van der Waals surface area contributed by atoms with Gasteiger partial charge in [-0.1, -0.05) is 35.3 Å². The Morgan fingerprint density at radius 1 is 1.11 bits per heavy atom. The van der Waals surface area contributed by atoms with E-state index in [0.717, 1.165) is 17.0 Å². The zero-order valence-electron chi connectivity index (χ0n) is 9.91. The van der Waals surface area contributed by atoms with Crippen LogP contribution in [0, 0.1) is 0 Å². The molecule has 0 fully saturated rings. The number of hydrogen-bond acceptors (Lipinski definition) is 2. The minimum absolute atomic E-state index is 0.616. The smallest absolute Gasteiger partial charge is 0.119 e. The molecule has 0 amide bonds. The molecule has 0 bridgehead atoms. The van der Waals surface area contributed by atoms with Crippen molar-refractivity contribution < 1.29 is 4.74 Å². The summed E-state index contributed by atoms with van der Waals surface area (Å²) in [6.07, 6.45) is 0. The maximum absolute atomic E-state index is 6.08. The van der Waals surface area contributed by atoms with Crippen molar-refractivity contribution in [3.8, 4) is 5.75 Å². The highest BCUT2D eigenvalue weighted by Crippen LogP contribution is 2.26. The molecule has 0 aliphatic heterocycles. The van der Waals surface area contributed by atoms with Crippen LogP contribution in [-0.4, -0.2) is 7.11 Å². The predicted octanol–water partition coefficient (Wildman–Crippen LogP) is 4.61. The van der Waals surface area contributed by atoms with E-state index in [1.165, 1.54) is 0 Å². The maximum atomic E-state index is 6.08. The summed E-state index contributed by atoms with van der Waals surface area (Å²) in [4.78, 5) is 0. The first kappa shape index (κ1) is 13.1. The number of benzene rings is 2. The van der Waals surface area contributed by atoms with Gasteiger partial charge in [-0.05, 0) is 35.9 Å². The van der Waals surface area contributed by atoms with E-state index >= 15 is 0 Å². The third-order valence-corrected chi connectivity index (χ3v) is 3.10. The SMILES string of the molecule is COc1cccc(CNc2ccc(Cl)cc2Cl)c1. The van der Waals surface area contributed by atoms with Crippen LogP contribution in [0.4, 0.5) is 5.69 Å². The van der Waals surface area contributed by atoms with Crippen molar-refractivity contribution in [2.75, 3.05) is 12.4 Å². The standard InChI is InChI=1S/C14H13Cl2NO/c1-18-12-4-2-3-10(7-12)9-17-14-6-5-11(15)8-13(14)16/h2-8,17H,9H2,1H3. The van der Waals surface area contributed by atoms with Gasteiger partial charge in [-0.25, -0.2) is 0 Å². The molecule has 0 aliphatic rings. The van der Waals surface area contributed by atoms with E-state index in [1.807, 2.05) is 30.3 Å². The fourth-order valence-electron chi connectivity index (χ4n) is 1.61. The highest BCUT2D eigenvalue weighted by molar-refractivity contribution is 6.36. The third kappa shape index (κ3) is 3.31. The van der Waals surface area contributed by atoms with Crippen LogP contribution in [0.15, 0.2) is 42.5 Å². The first-order valence-electron chi connectivity index (χ1n) is 5.51. The van der Waals surface area contributed by atoms with Gasteiger partial charge < -0.3 is 10.1 Å². The number of methoxy groups -OCH3 is 1. The molecule has 0 spiro atoms. The number of ether oxygens (including phenoxy) is 1. The lowest BCUT2D eigenvalue weighted by Crippen LogP contribution is -2.00. The van der Waals surface area contributed by atoms with Crippen LogP contribution in [0.5, 0.6) is 5.75 Å². The van der Waals surface area contributed by atoms with Crippen LogP contribution < -0.4 is 10.1 Å². The fourth-order valence-corrected chi connectivity index (χ4v) is 2.09. The van der Waals surface area contributed by atoms with E-state index in [4.69, 9.17) is 27.9 Å². The van der Waals surface area contributed by atoms with E-state index in [0.29, 0.717) is 16.6 Å². The second-order valence-corrected chi connectivity index (χ2v) is 4.67. The van der Waals surface area contributed by atoms with Crippen LogP contribution in [0.2, 0.25) is 10.0 Å². The van der Waals surface area contributed by atoms with Crippen molar-refractivity contribution in [1.82, 2.24) is 0 Å². The fraction of sp³-hybridized carbons (Fsp3) is 0.143. The quantitative estimate of drug-likeness (QED) is 0.883. The molecule has 4 heteroatoms. The largest absolute Gasteiger partial charge is 0.497 e. The van der Waals surface area contributed by atoms with Crippen molar-refractivity contribution >= 4 is 28.9 Å². The predicted molar refractivity (Wildman–Crippen MR) is 76.8 cm³/mol. The zero-order chi connectivity index (χ0) is 13.0. The Labute approximate surface area is 116 Å². The number of nitrogens with one attached hydrogen (secondary N) is 1. The summed E-state index contributed by atoms with van der Waals surface area (Å²) >= 11 is 11.9. The van der Waals surface area contributed by atoms with Crippen LogP contribution in [0.3, 0.4) is 0 Å². The summed E-state index contributed by atoms with van der Waals surface area (Å²) < 4.78 is 5.18. The second-order valence-electron chi connectivity index (χ2n) is 3.83. The van der Waals surface area contributed by atoms with Crippen LogP contribution >= 0.6 is 23.2 Å². The molecule has 0 aromatic heterocycles. The molecule has 0 aliphatic carbocycles. The van der Waals surface area contributed by atoms with E-state index < -0.39 is 0 Å². The van der Waals surface area contributed by atoms with E-state index in [9.17, 15) is 0 Å². The third-order valence-electron chi connectivity index (χ3n) is 2.55. The molecular weight excluding hydrogens is 269 g/mol. The lowest BCUT2D eigenvalue weighted by atomic mass is 10.2. The molecule has 0 heterocycles. The average Bonchev–Trinajstić information content (AvgIpc) is 2.38. The molecule has 0 unspecified atom stereocenters. The van der Waals surface area contributed by atoms with Gasteiger partial charge in [-0.3, -0.25) is 0 Å². The lowest BCUT2D eigenvalue weighted by Gasteiger charge is -2.09. The van der Waals surface area contributed by atoms with Crippen LogP contribution in [-0.2, 0) is 6.54 Å². The van der Waals surface area contributed by atoms with E-state index in [1.54, 1.807) is 19.2 Å². The van der Waals surface area contributed by atoms with Gasteiger partial charge in [0.2, 0.25) is 0 Å². The minimum Gasteiger partial charge on any atom is -0.497 e. The maximum Gasteiger partial charge on any atom is 0.119 e. The van der Waals surface area contributed by atoms with Gasteiger partial charge in [-0.15, -0.1) is 0 Å². The monoisotopic (exact) mass is 281 g/mol. The second kappa shape index (κ2) is 5.98. The van der Waals surface area contributed by atoms with Crippen molar-refractivity contribution in [3.05, 3.63) is 58.1 Å². The van der Waals surface area contributed by atoms with Gasteiger partial charge in [-0.2, -0.15) is 0 Å². The highest BCUT2D eigenvalue weighted by atomic mass is 35.5. The lowest BCUT2D eigenvalue weighted by molar-refractivity contribution is 0.414. The number of halogens is 2. The number of hydrogen-bond donors (Lipinski definition) is 1. The molecule has 2 nitrogen and oxygen atoms in total. The molecule has 0 saturated heterocycles. The summed E-state index contributed by atoms with van der Waals surface area (Å²) in [5.74, 6) is 0.844. The Hall–Kier alpha value is -1.38. The first-order valence-corrected chi connectivity index (χ1v) is 6.26. The molecule has 0 radical (unpaired) electrons. The number of anilines is 1. The summed E-state index contributed by atoms with van der Waals surface area (Å²) in [6.45, 7) is 0.679. The molecule has 18 heavy (non-hydrogen) atoms.